The van der Waals surface area contributed by atoms with E-state index in [1.165, 1.54) is 32.2 Å². The maximum absolute atomic E-state index is 10.5. The quantitative estimate of drug-likeness (QED) is 0.658. The van der Waals surface area contributed by atoms with E-state index < -0.39 is 12.1 Å². The lowest BCUT2D eigenvalue weighted by Gasteiger charge is -2.17. The van der Waals surface area contributed by atoms with Crippen LogP contribution in [0, 0.1) is 0 Å². The van der Waals surface area contributed by atoms with Gasteiger partial charge in [-0.2, -0.15) is 0 Å². The Kier molecular flexibility index (Phi) is 3.88. The van der Waals surface area contributed by atoms with Crippen LogP contribution in [-0.2, 0) is 4.79 Å². The molecule has 5 heteroatoms. The van der Waals surface area contributed by atoms with Crippen LogP contribution in [0.1, 0.15) is 17.3 Å². The molecule has 0 N–H and O–H groups in total. The Morgan fingerprint density at radius 3 is 2.62 bits per heavy atom. The van der Waals surface area contributed by atoms with Crippen molar-refractivity contribution in [2.75, 3.05) is 7.11 Å². The number of carboxylic acids is 1. The molecule has 5 nitrogen and oxygen atoms in total. The molecule has 1 aromatic carbocycles. The first-order valence-corrected chi connectivity index (χ1v) is 4.59. The Morgan fingerprint density at radius 1 is 1.44 bits per heavy atom. The van der Waals surface area contributed by atoms with Crippen molar-refractivity contribution in [1.82, 2.24) is 0 Å². The fourth-order valence-corrected chi connectivity index (χ4v) is 1.09. The Balaban J connectivity index is 2.95. The third-order valence-corrected chi connectivity index (χ3v) is 1.96. The zero-order valence-corrected chi connectivity index (χ0v) is 8.93. The number of ether oxygens (including phenoxy) is 2. The first kappa shape index (κ1) is 12.0. The van der Waals surface area contributed by atoms with Crippen molar-refractivity contribution in [2.45, 2.75) is 13.0 Å². The van der Waals surface area contributed by atoms with Gasteiger partial charge in [0, 0.05) is 5.56 Å². The van der Waals surface area contributed by atoms with Crippen LogP contribution >= 0.6 is 0 Å². The predicted molar refractivity (Wildman–Crippen MR) is 53.5 cm³/mol. The van der Waals surface area contributed by atoms with E-state index in [-0.39, 0.29) is 5.75 Å². The Bertz CT molecular complexity index is 399. The molecule has 1 aromatic rings. The lowest BCUT2D eigenvalue weighted by Crippen LogP contribution is -2.37. The van der Waals surface area contributed by atoms with Crippen LogP contribution in [0.25, 0.3) is 0 Å². The number of aldehydes is 1. The SMILES string of the molecule is COc1cc(C=O)ccc1O[C@@H](C)C(=O)[O-]. The Hall–Kier alpha value is -2.04. The normalized spacial score (nSPS) is 11.6. The Morgan fingerprint density at radius 2 is 2.12 bits per heavy atom. The third kappa shape index (κ3) is 2.73. The molecule has 0 aromatic heterocycles. The van der Waals surface area contributed by atoms with Crippen molar-refractivity contribution in [1.29, 1.82) is 0 Å². The molecule has 1 atom stereocenters. The van der Waals surface area contributed by atoms with Crippen LogP contribution in [-0.4, -0.2) is 25.5 Å². The van der Waals surface area contributed by atoms with E-state index in [0.29, 0.717) is 17.6 Å². The third-order valence-electron chi connectivity index (χ3n) is 1.96. The van der Waals surface area contributed by atoms with Gasteiger partial charge in [0.2, 0.25) is 0 Å². The van der Waals surface area contributed by atoms with Gasteiger partial charge in [0.1, 0.15) is 12.4 Å². The summed E-state index contributed by atoms with van der Waals surface area (Å²) < 4.78 is 10.1. The number of carboxylic acid groups (broad SMARTS) is 1. The predicted octanol–water partition coefficient (Wildman–Crippen LogP) is 0.0249. The van der Waals surface area contributed by atoms with Crippen LogP contribution in [0.4, 0.5) is 0 Å². The summed E-state index contributed by atoms with van der Waals surface area (Å²) in [6, 6.07) is 4.44. The molecule has 86 valence electrons. The van der Waals surface area contributed by atoms with Gasteiger partial charge in [0.15, 0.2) is 11.5 Å². The molecule has 0 bridgehead atoms. The number of carbonyl (C=O) groups excluding carboxylic acids is 2. The molecule has 0 aliphatic heterocycles. The highest BCUT2D eigenvalue weighted by Crippen LogP contribution is 2.28. The number of hydrogen-bond acceptors (Lipinski definition) is 5. The molecule has 0 fully saturated rings. The van der Waals surface area contributed by atoms with Gasteiger partial charge in [0.25, 0.3) is 0 Å². The van der Waals surface area contributed by atoms with Crippen molar-refractivity contribution >= 4 is 12.3 Å². The van der Waals surface area contributed by atoms with Gasteiger partial charge in [-0.05, 0) is 25.1 Å². The smallest absolute Gasteiger partial charge is 0.162 e. The standard InChI is InChI=1S/C11H12O5/c1-7(11(13)14)16-9-4-3-8(6-12)5-10(9)15-2/h3-7H,1-2H3,(H,13,14)/p-1/t7-/m0/s1. The molecule has 0 heterocycles. The zero-order valence-electron chi connectivity index (χ0n) is 8.93. The van der Waals surface area contributed by atoms with Crippen molar-refractivity contribution in [2.24, 2.45) is 0 Å². The van der Waals surface area contributed by atoms with Crippen LogP contribution in [0.3, 0.4) is 0 Å². The summed E-state index contributed by atoms with van der Waals surface area (Å²) in [5, 5.41) is 10.5. The second-order valence-electron chi connectivity index (χ2n) is 3.11. The molecule has 0 saturated heterocycles. The van der Waals surface area contributed by atoms with Gasteiger partial charge in [0.05, 0.1) is 13.1 Å². The molecule has 0 amide bonds. The summed E-state index contributed by atoms with van der Waals surface area (Å²) in [6.07, 6.45) is -0.426. The molecule has 1 rings (SSSR count). The fraction of sp³-hybridized carbons (Fsp3) is 0.273. The van der Waals surface area contributed by atoms with E-state index >= 15 is 0 Å². The Labute approximate surface area is 92.6 Å². The van der Waals surface area contributed by atoms with Crippen molar-refractivity contribution in [3.8, 4) is 11.5 Å². The van der Waals surface area contributed by atoms with E-state index in [1.807, 2.05) is 0 Å². The van der Waals surface area contributed by atoms with Gasteiger partial charge in [-0.3, -0.25) is 4.79 Å². The summed E-state index contributed by atoms with van der Waals surface area (Å²) in [4.78, 5) is 21.0. The number of benzene rings is 1. The molecule has 0 unspecified atom stereocenters. The lowest BCUT2D eigenvalue weighted by atomic mass is 10.2. The molecule has 0 aliphatic rings. The topological polar surface area (TPSA) is 75.7 Å². The van der Waals surface area contributed by atoms with Crippen molar-refractivity contribution < 1.29 is 24.2 Å². The molecule has 0 saturated carbocycles. The fourth-order valence-electron chi connectivity index (χ4n) is 1.09. The first-order valence-electron chi connectivity index (χ1n) is 4.59. The number of rotatable bonds is 5. The van der Waals surface area contributed by atoms with Crippen molar-refractivity contribution in [3.63, 3.8) is 0 Å². The maximum Gasteiger partial charge on any atom is 0.162 e. The lowest BCUT2D eigenvalue weighted by molar-refractivity contribution is -0.312. The monoisotopic (exact) mass is 223 g/mol. The number of carbonyl (C=O) groups is 2. The van der Waals surface area contributed by atoms with Gasteiger partial charge >= 0.3 is 0 Å². The molecule has 16 heavy (non-hydrogen) atoms. The van der Waals surface area contributed by atoms with Gasteiger partial charge < -0.3 is 19.4 Å². The summed E-state index contributed by atoms with van der Waals surface area (Å²) >= 11 is 0. The first-order chi connectivity index (χ1) is 7.58. The summed E-state index contributed by atoms with van der Waals surface area (Å²) in [5.74, 6) is -0.760. The minimum atomic E-state index is -1.32. The second kappa shape index (κ2) is 5.16. The highest BCUT2D eigenvalue weighted by atomic mass is 16.5. The highest BCUT2D eigenvalue weighted by molar-refractivity contribution is 5.76. The largest absolute Gasteiger partial charge is 0.546 e. The zero-order chi connectivity index (χ0) is 12.1. The average Bonchev–Trinajstić information content (AvgIpc) is 2.29. The molecule has 0 aliphatic carbocycles. The van der Waals surface area contributed by atoms with E-state index in [0.717, 1.165) is 0 Å². The molecular weight excluding hydrogens is 212 g/mol. The average molecular weight is 223 g/mol. The molecular formula is C11H11O5-. The number of hydrogen-bond donors (Lipinski definition) is 0. The van der Waals surface area contributed by atoms with Gasteiger partial charge in [-0.25, -0.2) is 0 Å². The molecule has 0 spiro atoms. The van der Waals surface area contributed by atoms with Gasteiger partial charge in [-0.1, -0.05) is 0 Å². The van der Waals surface area contributed by atoms with E-state index in [9.17, 15) is 14.7 Å². The van der Waals surface area contributed by atoms with Gasteiger partial charge in [-0.15, -0.1) is 0 Å². The van der Waals surface area contributed by atoms with Crippen molar-refractivity contribution in [3.05, 3.63) is 23.8 Å². The summed E-state index contributed by atoms with van der Waals surface area (Å²) in [7, 11) is 1.40. The summed E-state index contributed by atoms with van der Waals surface area (Å²) in [6.45, 7) is 1.35. The van der Waals surface area contributed by atoms with Crippen LogP contribution in [0.2, 0.25) is 0 Å². The number of aliphatic carboxylic acids is 1. The van der Waals surface area contributed by atoms with Crippen LogP contribution in [0.5, 0.6) is 11.5 Å². The number of methoxy groups -OCH3 is 1. The minimum Gasteiger partial charge on any atom is -0.546 e. The highest BCUT2D eigenvalue weighted by Gasteiger charge is 2.10. The van der Waals surface area contributed by atoms with Crippen LogP contribution < -0.4 is 14.6 Å². The molecule has 0 radical (unpaired) electrons. The minimum absolute atomic E-state index is 0.254. The summed E-state index contributed by atoms with van der Waals surface area (Å²) in [5.41, 5.74) is 0.422. The van der Waals surface area contributed by atoms with E-state index in [1.54, 1.807) is 0 Å². The van der Waals surface area contributed by atoms with E-state index in [2.05, 4.69) is 0 Å². The maximum atomic E-state index is 10.5. The van der Waals surface area contributed by atoms with Crippen LogP contribution in [0.15, 0.2) is 18.2 Å². The van der Waals surface area contributed by atoms with E-state index in [4.69, 9.17) is 9.47 Å². The second-order valence-corrected chi connectivity index (χ2v) is 3.11.